The first-order valence-electron chi connectivity index (χ1n) is 8.87. The summed E-state index contributed by atoms with van der Waals surface area (Å²) in [6.45, 7) is 10.0. The van der Waals surface area contributed by atoms with Gasteiger partial charge in [-0.1, -0.05) is 5.16 Å². The Hall–Kier alpha value is -2.20. The maximum Gasteiger partial charge on any atom is 0.248 e. The van der Waals surface area contributed by atoms with Gasteiger partial charge < -0.3 is 9.42 Å². The standard InChI is InChI=1S/C17H25N5O4S/c1-10(15-11(2)18-19-12(15)3)17(23)21-6-8-22(9-7-21)27(24,25)16-13(4)20-26-14(16)5/h10H,6-9H2,1-5H3,(H,18,19). The van der Waals surface area contributed by atoms with Crippen LogP contribution in [0.15, 0.2) is 9.42 Å². The van der Waals surface area contributed by atoms with Crippen molar-refractivity contribution in [3.8, 4) is 0 Å². The predicted octanol–water partition coefficient (Wildman–Crippen LogP) is 1.27. The van der Waals surface area contributed by atoms with Gasteiger partial charge in [0.2, 0.25) is 15.9 Å². The number of carbonyl (C=O) groups is 1. The maximum atomic E-state index is 12.9. The van der Waals surface area contributed by atoms with Crippen LogP contribution >= 0.6 is 0 Å². The molecule has 1 amide bonds. The number of aromatic nitrogens is 3. The van der Waals surface area contributed by atoms with E-state index in [0.29, 0.717) is 18.8 Å². The van der Waals surface area contributed by atoms with Crippen LogP contribution in [0.4, 0.5) is 0 Å². The lowest BCUT2D eigenvalue weighted by atomic mass is 9.97. The van der Waals surface area contributed by atoms with Crippen molar-refractivity contribution in [2.75, 3.05) is 26.2 Å². The van der Waals surface area contributed by atoms with Gasteiger partial charge in [0.15, 0.2) is 5.76 Å². The van der Waals surface area contributed by atoms with Crippen LogP contribution in [-0.2, 0) is 14.8 Å². The smallest absolute Gasteiger partial charge is 0.248 e. The Morgan fingerprint density at radius 3 is 2.22 bits per heavy atom. The normalized spacial score (nSPS) is 17.3. The third-order valence-electron chi connectivity index (χ3n) is 5.10. The molecule has 0 saturated carbocycles. The Morgan fingerprint density at radius 2 is 1.74 bits per heavy atom. The minimum absolute atomic E-state index is 0.0167. The van der Waals surface area contributed by atoms with E-state index in [4.69, 9.17) is 4.52 Å². The first-order valence-corrected chi connectivity index (χ1v) is 10.3. The highest BCUT2D eigenvalue weighted by Crippen LogP contribution is 2.26. The Labute approximate surface area is 158 Å². The molecule has 2 aromatic rings. The minimum atomic E-state index is -3.68. The summed E-state index contributed by atoms with van der Waals surface area (Å²) in [4.78, 5) is 14.7. The van der Waals surface area contributed by atoms with E-state index in [1.807, 2.05) is 20.8 Å². The summed E-state index contributed by atoms with van der Waals surface area (Å²) in [7, 11) is -3.68. The fourth-order valence-corrected chi connectivity index (χ4v) is 5.43. The average molecular weight is 395 g/mol. The largest absolute Gasteiger partial charge is 0.360 e. The third-order valence-corrected chi connectivity index (χ3v) is 7.25. The average Bonchev–Trinajstić information content (AvgIpc) is 3.15. The number of sulfonamides is 1. The van der Waals surface area contributed by atoms with E-state index in [0.717, 1.165) is 17.0 Å². The second-order valence-electron chi connectivity index (χ2n) is 6.95. The molecule has 1 saturated heterocycles. The van der Waals surface area contributed by atoms with Gasteiger partial charge in [0.05, 0.1) is 11.6 Å². The molecule has 27 heavy (non-hydrogen) atoms. The molecule has 10 heteroatoms. The van der Waals surface area contributed by atoms with Gasteiger partial charge in [-0.25, -0.2) is 8.42 Å². The molecule has 0 spiro atoms. The van der Waals surface area contributed by atoms with Crippen molar-refractivity contribution in [1.29, 1.82) is 0 Å². The Kier molecular flexibility index (Phi) is 5.13. The molecule has 1 aliphatic rings. The summed E-state index contributed by atoms with van der Waals surface area (Å²) in [5, 5.41) is 10.8. The van der Waals surface area contributed by atoms with Crippen LogP contribution in [0, 0.1) is 27.7 Å². The summed E-state index contributed by atoms with van der Waals surface area (Å²) in [5.41, 5.74) is 2.96. The highest BCUT2D eigenvalue weighted by Gasteiger charge is 2.35. The maximum absolute atomic E-state index is 12.9. The number of aryl methyl sites for hydroxylation is 4. The predicted molar refractivity (Wildman–Crippen MR) is 97.8 cm³/mol. The molecular weight excluding hydrogens is 370 g/mol. The van der Waals surface area contributed by atoms with Gasteiger partial charge in [-0.2, -0.15) is 9.40 Å². The van der Waals surface area contributed by atoms with E-state index < -0.39 is 10.0 Å². The molecule has 148 valence electrons. The molecule has 1 N–H and O–H groups in total. The van der Waals surface area contributed by atoms with E-state index >= 15 is 0 Å². The monoisotopic (exact) mass is 395 g/mol. The molecule has 1 fully saturated rings. The molecule has 0 aromatic carbocycles. The SMILES string of the molecule is Cc1n[nH]c(C)c1C(C)C(=O)N1CCN(S(=O)(=O)c2c(C)noc2C)CC1. The molecule has 0 aliphatic carbocycles. The molecule has 0 radical (unpaired) electrons. The van der Waals surface area contributed by atoms with E-state index in [1.54, 1.807) is 18.7 Å². The number of amides is 1. The van der Waals surface area contributed by atoms with Crippen LogP contribution in [0.5, 0.6) is 0 Å². The Balaban J connectivity index is 1.71. The lowest BCUT2D eigenvalue weighted by molar-refractivity contribution is -0.133. The molecule has 1 aliphatic heterocycles. The van der Waals surface area contributed by atoms with Crippen LogP contribution in [0.25, 0.3) is 0 Å². The van der Waals surface area contributed by atoms with Crippen LogP contribution < -0.4 is 0 Å². The Bertz CT molecular complexity index is 915. The van der Waals surface area contributed by atoms with Crippen molar-refractivity contribution in [3.05, 3.63) is 28.4 Å². The first kappa shape index (κ1) is 19.6. The summed E-state index contributed by atoms with van der Waals surface area (Å²) in [6, 6.07) is 0. The highest BCUT2D eigenvalue weighted by molar-refractivity contribution is 7.89. The zero-order chi connectivity index (χ0) is 19.9. The zero-order valence-corrected chi connectivity index (χ0v) is 17.1. The number of rotatable bonds is 4. The number of aromatic amines is 1. The van der Waals surface area contributed by atoms with Crippen LogP contribution in [0.2, 0.25) is 0 Å². The molecule has 0 bridgehead atoms. The molecular formula is C17H25N5O4S. The van der Waals surface area contributed by atoms with Gasteiger partial charge >= 0.3 is 0 Å². The van der Waals surface area contributed by atoms with Crippen molar-refractivity contribution in [1.82, 2.24) is 24.6 Å². The van der Waals surface area contributed by atoms with Crippen molar-refractivity contribution in [2.45, 2.75) is 45.4 Å². The number of nitrogens with one attached hydrogen (secondary N) is 1. The zero-order valence-electron chi connectivity index (χ0n) is 16.2. The van der Waals surface area contributed by atoms with Gasteiger partial charge in [0, 0.05) is 37.4 Å². The molecule has 1 atom stereocenters. The number of nitrogens with zero attached hydrogens (tertiary/aromatic N) is 4. The fraction of sp³-hybridized carbons (Fsp3) is 0.588. The summed E-state index contributed by atoms with van der Waals surface area (Å²) < 4.78 is 32.2. The number of hydrogen-bond acceptors (Lipinski definition) is 6. The summed E-state index contributed by atoms with van der Waals surface area (Å²) >= 11 is 0. The second kappa shape index (κ2) is 7.08. The van der Waals surface area contributed by atoms with Gasteiger partial charge in [0.25, 0.3) is 0 Å². The molecule has 1 unspecified atom stereocenters. The number of piperazine rings is 1. The van der Waals surface area contributed by atoms with Gasteiger partial charge in [-0.3, -0.25) is 9.89 Å². The van der Waals surface area contributed by atoms with Crippen molar-refractivity contribution < 1.29 is 17.7 Å². The van der Waals surface area contributed by atoms with Crippen LogP contribution in [0.1, 0.15) is 41.2 Å². The lowest BCUT2D eigenvalue weighted by Crippen LogP contribution is -2.51. The molecule has 9 nitrogen and oxygen atoms in total. The number of H-pyrrole nitrogens is 1. The quantitative estimate of drug-likeness (QED) is 0.834. The van der Waals surface area contributed by atoms with Gasteiger partial charge in [-0.05, 0) is 34.6 Å². The van der Waals surface area contributed by atoms with Crippen molar-refractivity contribution >= 4 is 15.9 Å². The van der Waals surface area contributed by atoms with E-state index in [1.165, 1.54) is 4.31 Å². The van der Waals surface area contributed by atoms with Crippen LogP contribution in [-0.4, -0.2) is 65.1 Å². The first-order chi connectivity index (χ1) is 12.6. The van der Waals surface area contributed by atoms with Crippen molar-refractivity contribution in [2.24, 2.45) is 0 Å². The topological polar surface area (TPSA) is 112 Å². The highest BCUT2D eigenvalue weighted by atomic mass is 32.2. The van der Waals surface area contributed by atoms with Gasteiger partial charge in [-0.15, -0.1) is 0 Å². The summed E-state index contributed by atoms with van der Waals surface area (Å²) in [6.07, 6.45) is 0. The van der Waals surface area contributed by atoms with Crippen molar-refractivity contribution in [3.63, 3.8) is 0 Å². The summed E-state index contributed by atoms with van der Waals surface area (Å²) in [5.74, 6) is -0.0583. The van der Waals surface area contributed by atoms with E-state index in [2.05, 4.69) is 15.4 Å². The number of carbonyl (C=O) groups excluding carboxylic acids is 1. The number of hydrogen-bond donors (Lipinski definition) is 1. The molecule has 3 heterocycles. The Morgan fingerprint density at radius 1 is 1.11 bits per heavy atom. The third kappa shape index (κ3) is 3.39. The molecule has 3 rings (SSSR count). The van der Waals surface area contributed by atoms with Gasteiger partial charge in [0.1, 0.15) is 10.6 Å². The van der Waals surface area contributed by atoms with E-state index in [9.17, 15) is 13.2 Å². The van der Waals surface area contributed by atoms with E-state index in [-0.39, 0.29) is 35.6 Å². The fourth-order valence-electron chi connectivity index (χ4n) is 3.72. The lowest BCUT2D eigenvalue weighted by Gasteiger charge is -2.35. The van der Waals surface area contributed by atoms with Crippen LogP contribution in [0.3, 0.4) is 0 Å². The second-order valence-corrected chi connectivity index (χ2v) is 8.83. The molecule has 2 aromatic heterocycles. The minimum Gasteiger partial charge on any atom is -0.360 e.